The van der Waals surface area contributed by atoms with Crippen LogP contribution in [0, 0.1) is 11.8 Å². The average Bonchev–Trinajstić information content (AvgIpc) is 2.78. The van der Waals surface area contributed by atoms with E-state index in [1.165, 1.54) is 5.56 Å². The minimum Gasteiger partial charge on any atom is -0.497 e. The quantitative estimate of drug-likeness (QED) is 0.851. The number of hydrogen-bond acceptors (Lipinski definition) is 4. The number of ether oxygens (including phenoxy) is 1. The highest BCUT2D eigenvalue weighted by Gasteiger charge is 2.19. The predicted octanol–water partition coefficient (Wildman–Crippen LogP) is 2.37. The Hall–Kier alpha value is -1.25. The molecule has 0 saturated carbocycles. The number of hydrogen-bond donors (Lipinski definition) is 1. The van der Waals surface area contributed by atoms with E-state index in [-0.39, 0.29) is 0 Å². The lowest BCUT2D eigenvalue weighted by atomic mass is 10.1. The molecule has 1 aliphatic heterocycles. The molecule has 0 radical (unpaired) electrons. The van der Waals surface area contributed by atoms with E-state index in [1.54, 1.807) is 18.9 Å². The molecule has 5 heteroatoms. The number of nitriles is 1. The first-order valence-electron chi connectivity index (χ1n) is 5.11. The fraction of sp³-hybridized carbons (Fsp3) is 0.333. The lowest BCUT2D eigenvalue weighted by molar-refractivity contribution is 0.414. The molecule has 1 unspecified atom stereocenters. The first-order chi connectivity index (χ1) is 8.28. The van der Waals surface area contributed by atoms with Crippen molar-refractivity contribution >= 4 is 28.3 Å². The van der Waals surface area contributed by atoms with Crippen molar-refractivity contribution in [2.75, 3.05) is 13.7 Å². The van der Waals surface area contributed by atoms with Crippen LogP contribution >= 0.6 is 24.0 Å². The van der Waals surface area contributed by atoms with Gasteiger partial charge in [-0.1, -0.05) is 36.1 Å². The molecule has 1 aromatic rings. The van der Waals surface area contributed by atoms with Gasteiger partial charge in [-0.25, -0.2) is 5.26 Å². The second kappa shape index (κ2) is 7.15. The number of benzene rings is 1. The van der Waals surface area contributed by atoms with Crippen molar-refractivity contribution in [2.45, 2.75) is 11.7 Å². The zero-order valence-corrected chi connectivity index (χ0v) is 11.2. The van der Waals surface area contributed by atoms with Crippen LogP contribution in [0.3, 0.4) is 0 Å². The molecule has 0 spiro atoms. The van der Waals surface area contributed by atoms with E-state index in [0.29, 0.717) is 5.25 Å². The number of nitrogens with one attached hydrogen (secondary N) is 1. The van der Waals surface area contributed by atoms with Crippen LogP contribution in [0.25, 0.3) is 0 Å². The summed E-state index contributed by atoms with van der Waals surface area (Å²) < 4.78 is 6.04. The maximum atomic E-state index is 6.50. The molecule has 1 atom stereocenters. The largest absolute Gasteiger partial charge is 0.497 e. The van der Waals surface area contributed by atoms with Crippen LogP contribution in [0.15, 0.2) is 24.3 Å². The zero-order valence-electron chi connectivity index (χ0n) is 9.55. The maximum Gasteiger partial charge on any atom is 0.134 e. The summed E-state index contributed by atoms with van der Waals surface area (Å²) in [5.74, 6) is 0.909. The molecule has 1 aromatic carbocycles. The highest BCUT2D eigenvalue weighted by Crippen LogP contribution is 2.22. The minimum atomic E-state index is 0.575. The zero-order chi connectivity index (χ0) is 12.7. The van der Waals surface area contributed by atoms with Gasteiger partial charge in [0.25, 0.3) is 0 Å². The molecule has 0 aromatic heterocycles. The fourth-order valence-corrected chi connectivity index (χ4v) is 2.97. The Kier molecular flexibility index (Phi) is 5.81. The highest BCUT2D eigenvalue weighted by molar-refractivity contribution is 8.23. The maximum absolute atomic E-state index is 6.50. The molecule has 1 saturated heterocycles. The molecular weight excluding hydrogens is 252 g/mol. The first-order valence-corrected chi connectivity index (χ1v) is 6.40. The van der Waals surface area contributed by atoms with Crippen molar-refractivity contribution in [3.8, 4) is 12.3 Å². The van der Waals surface area contributed by atoms with Crippen molar-refractivity contribution in [3.05, 3.63) is 29.8 Å². The molecule has 0 bridgehead atoms. The first kappa shape index (κ1) is 13.8. The number of nitrogens with zero attached hydrogens (tertiary/aromatic N) is 1. The van der Waals surface area contributed by atoms with E-state index in [9.17, 15) is 0 Å². The van der Waals surface area contributed by atoms with Gasteiger partial charge in [-0.3, -0.25) is 0 Å². The average molecular weight is 266 g/mol. The van der Waals surface area contributed by atoms with Gasteiger partial charge in [-0.05, 0) is 24.1 Å². The Balaban J connectivity index is 0.000000686. The smallest absolute Gasteiger partial charge is 0.134 e. The lowest BCUT2D eigenvalue weighted by Crippen LogP contribution is -2.16. The van der Waals surface area contributed by atoms with Crippen molar-refractivity contribution in [3.63, 3.8) is 0 Å². The van der Waals surface area contributed by atoms with E-state index in [4.69, 9.17) is 22.2 Å². The molecule has 1 N–H and O–H groups in total. The van der Waals surface area contributed by atoms with Crippen LogP contribution in [0.2, 0.25) is 0 Å². The van der Waals surface area contributed by atoms with E-state index in [0.717, 1.165) is 23.0 Å². The summed E-state index contributed by atoms with van der Waals surface area (Å²) in [4.78, 5) is 0. The number of methoxy groups -OCH3 is 1. The van der Waals surface area contributed by atoms with Gasteiger partial charge in [0.15, 0.2) is 0 Å². The number of rotatable bonds is 3. The van der Waals surface area contributed by atoms with Crippen molar-refractivity contribution < 1.29 is 4.74 Å². The van der Waals surface area contributed by atoms with Gasteiger partial charge < -0.3 is 10.1 Å². The molecule has 2 rings (SSSR count). The van der Waals surface area contributed by atoms with Crippen LogP contribution < -0.4 is 10.1 Å². The van der Waals surface area contributed by atoms with Crippen LogP contribution in [-0.4, -0.2) is 23.2 Å². The molecule has 1 fully saturated rings. The molecule has 1 aliphatic rings. The summed E-state index contributed by atoms with van der Waals surface area (Å²) in [6.07, 6.45) is 1.06. The van der Waals surface area contributed by atoms with E-state index < -0.39 is 0 Å². The molecular formula is C12H14N2OS2. The number of thiocarbonyl (C=S) groups is 1. The van der Waals surface area contributed by atoms with Crippen LogP contribution in [0.1, 0.15) is 5.56 Å². The fourth-order valence-electron chi connectivity index (χ4n) is 1.57. The second-order valence-corrected chi connectivity index (χ2v) is 5.44. The van der Waals surface area contributed by atoms with Gasteiger partial charge in [0.2, 0.25) is 0 Å². The molecule has 0 aliphatic carbocycles. The van der Waals surface area contributed by atoms with Gasteiger partial charge >= 0.3 is 0 Å². The molecule has 3 nitrogen and oxygen atoms in total. The van der Waals surface area contributed by atoms with Crippen molar-refractivity contribution in [1.82, 2.24) is 5.32 Å². The summed E-state index contributed by atoms with van der Waals surface area (Å²) in [6.45, 7) is 4.48. The van der Waals surface area contributed by atoms with E-state index >= 15 is 0 Å². The van der Waals surface area contributed by atoms with Crippen LogP contribution in [0.5, 0.6) is 5.75 Å². The molecule has 17 heavy (non-hydrogen) atoms. The standard InChI is InChI=1S/C11H13NOS2.CHN/c1-13-9-4-2-8(3-5-9)6-10-7-12-11(14)15-10;1-2/h2-5,10H,6-7H2,1H3,(H,12,14);1H. The summed E-state index contributed by atoms with van der Waals surface area (Å²) in [7, 11) is 1.68. The van der Waals surface area contributed by atoms with Crippen molar-refractivity contribution in [1.29, 1.82) is 5.26 Å². The van der Waals surface area contributed by atoms with Crippen molar-refractivity contribution in [2.24, 2.45) is 0 Å². The van der Waals surface area contributed by atoms with Gasteiger partial charge in [0, 0.05) is 18.4 Å². The van der Waals surface area contributed by atoms with Gasteiger partial charge in [0.05, 0.1) is 7.11 Å². The second-order valence-electron chi connectivity index (χ2n) is 3.46. The third kappa shape index (κ3) is 4.25. The predicted molar refractivity (Wildman–Crippen MR) is 75.3 cm³/mol. The Morgan fingerprint density at radius 2 is 2.12 bits per heavy atom. The SMILES string of the molecule is C#N.COc1ccc(CC2CNC(=S)S2)cc1. The monoisotopic (exact) mass is 266 g/mol. The van der Waals surface area contributed by atoms with Gasteiger partial charge in [0.1, 0.15) is 10.1 Å². The highest BCUT2D eigenvalue weighted by atomic mass is 32.2. The van der Waals surface area contributed by atoms with E-state index in [1.807, 2.05) is 12.1 Å². The molecule has 0 amide bonds. The molecule has 90 valence electrons. The van der Waals surface area contributed by atoms with E-state index in [2.05, 4.69) is 24.0 Å². The third-order valence-electron chi connectivity index (χ3n) is 2.37. The Morgan fingerprint density at radius 3 is 2.59 bits per heavy atom. The third-order valence-corrected chi connectivity index (χ3v) is 3.83. The normalized spacial score (nSPS) is 17.8. The summed E-state index contributed by atoms with van der Waals surface area (Å²) in [5.41, 5.74) is 1.33. The Bertz CT molecular complexity index is 389. The minimum absolute atomic E-state index is 0.575. The number of thioether (sulfide) groups is 1. The Labute approximate surface area is 111 Å². The lowest BCUT2D eigenvalue weighted by Gasteiger charge is -2.07. The van der Waals surface area contributed by atoms with Crippen LogP contribution in [0.4, 0.5) is 0 Å². The Morgan fingerprint density at radius 1 is 1.47 bits per heavy atom. The van der Waals surface area contributed by atoms with Crippen LogP contribution in [-0.2, 0) is 6.42 Å². The summed E-state index contributed by atoms with van der Waals surface area (Å²) in [5, 5.41) is 10.3. The summed E-state index contributed by atoms with van der Waals surface area (Å²) >= 11 is 6.84. The van der Waals surface area contributed by atoms with Gasteiger partial charge in [-0.15, -0.1) is 0 Å². The molecule has 1 heterocycles. The van der Waals surface area contributed by atoms with Gasteiger partial charge in [-0.2, -0.15) is 0 Å². The summed E-state index contributed by atoms with van der Waals surface area (Å²) in [6, 6.07) is 8.23. The topological polar surface area (TPSA) is 45.0 Å².